The summed E-state index contributed by atoms with van der Waals surface area (Å²) in [6, 6.07) is 3.61. The number of rotatable bonds is 2. The lowest BCUT2D eigenvalue weighted by Crippen LogP contribution is -2.42. The van der Waals surface area contributed by atoms with Gasteiger partial charge in [-0.1, -0.05) is 19.1 Å². The van der Waals surface area contributed by atoms with Crippen molar-refractivity contribution in [2.75, 3.05) is 5.73 Å². The Morgan fingerprint density at radius 2 is 2.06 bits per heavy atom. The molecule has 0 saturated heterocycles. The molecule has 1 aromatic carbocycles. The van der Waals surface area contributed by atoms with Gasteiger partial charge in [0, 0.05) is 17.7 Å². The van der Waals surface area contributed by atoms with Crippen molar-refractivity contribution < 1.29 is 14.4 Å². The van der Waals surface area contributed by atoms with Gasteiger partial charge in [-0.2, -0.15) is 0 Å². The smallest absolute Gasteiger partial charge is 0.220 e. The molecular formula is C12H12N2O3. The molecule has 1 amide bonds. The summed E-state index contributed by atoms with van der Waals surface area (Å²) in [5, 5.41) is 2.41. The minimum atomic E-state index is -1.11. The predicted octanol–water partition coefficient (Wildman–Crippen LogP) is 0.543. The Bertz CT molecular complexity index is 522. The van der Waals surface area contributed by atoms with Crippen LogP contribution in [0.4, 0.5) is 5.69 Å². The van der Waals surface area contributed by atoms with Crippen molar-refractivity contribution in [1.82, 2.24) is 5.32 Å². The maximum Gasteiger partial charge on any atom is 0.220 e. The minimum absolute atomic E-state index is 0.221. The van der Waals surface area contributed by atoms with E-state index in [1.165, 1.54) is 0 Å². The second-order valence-corrected chi connectivity index (χ2v) is 3.85. The van der Waals surface area contributed by atoms with Gasteiger partial charge in [0.05, 0.1) is 5.56 Å². The second kappa shape index (κ2) is 4.01. The van der Waals surface area contributed by atoms with E-state index in [0.717, 1.165) is 0 Å². The van der Waals surface area contributed by atoms with Crippen LogP contribution >= 0.6 is 0 Å². The van der Waals surface area contributed by atoms with Gasteiger partial charge in [-0.25, -0.2) is 0 Å². The van der Waals surface area contributed by atoms with Crippen molar-refractivity contribution in [3.05, 3.63) is 29.3 Å². The Labute approximate surface area is 98.0 Å². The van der Waals surface area contributed by atoms with Crippen molar-refractivity contribution in [1.29, 1.82) is 0 Å². The maximum absolute atomic E-state index is 12.0. The van der Waals surface area contributed by atoms with E-state index in [4.69, 9.17) is 5.73 Å². The Hall–Kier alpha value is -2.17. The highest BCUT2D eigenvalue weighted by molar-refractivity contribution is 6.31. The first-order chi connectivity index (χ1) is 8.06. The Kier molecular flexibility index (Phi) is 2.67. The zero-order valence-electron chi connectivity index (χ0n) is 9.32. The van der Waals surface area contributed by atoms with Crippen LogP contribution in [-0.4, -0.2) is 23.5 Å². The number of ketones is 2. The van der Waals surface area contributed by atoms with Gasteiger partial charge in [-0.15, -0.1) is 0 Å². The fourth-order valence-corrected chi connectivity index (χ4v) is 1.86. The average Bonchev–Trinajstić information content (AvgIpc) is 2.55. The summed E-state index contributed by atoms with van der Waals surface area (Å²) in [7, 11) is 0. The molecule has 88 valence electrons. The fraction of sp³-hybridized carbons (Fsp3) is 0.250. The first-order valence-electron chi connectivity index (χ1n) is 5.32. The molecule has 0 aliphatic heterocycles. The van der Waals surface area contributed by atoms with Crippen LogP contribution in [0.25, 0.3) is 0 Å². The number of nitrogen functional groups attached to an aromatic ring is 1. The van der Waals surface area contributed by atoms with E-state index in [9.17, 15) is 14.4 Å². The number of amides is 1. The molecule has 0 spiro atoms. The number of Topliss-reactive ketones (excluding diaryl/α,β-unsaturated/α-hetero) is 2. The van der Waals surface area contributed by atoms with E-state index >= 15 is 0 Å². The van der Waals surface area contributed by atoms with Crippen LogP contribution in [0.5, 0.6) is 0 Å². The normalized spacial score (nSPS) is 18.1. The van der Waals surface area contributed by atoms with Gasteiger partial charge in [-0.3, -0.25) is 14.4 Å². The number of nitrogens with one attached hydrogen (secondary N) is 1. The standard InChI is InChI=1S/C12H12N2O3/c1-2-8(15)14-10-11(16)6-4-3-5-7(13)9(6)12(10)17/h3-5,10H,2,13H2,1H3,(H,14,15). The number of nitrogens with two attached hydrogens (primary N) is 1. The molecule has 5 heteroatoms. The SMILES string of the molecule is CCC(=O)NC1C(=O)c2cccc(N)c2C1=O. The molecule has 1 atom stereocenters. The van der Waals surface area contributed by atoms with Gasteiger partial charge in [0.15, 0.2) is 17.6 Å². The molecule has 1 aliphatic carbocycles. The van der Waals surface area contributed by atoms with Crippen LogP contribution in [0.3, 0.4) is 0 Å². The summed E-state index contributed by atoms with van der Waals surface area (Å²) in [5.41, 5.74) is 6.45. The van der Waals surface area contributed by atoms with E-state index in [2.05, 4.69) is 5.32 Å². The van der Waals surface area contributed by atoms with Crippen LogP contribution in [0, 0.1) is 0 Å². The van der Waals surface area contributed by atoms with E-state index in [1.807, 2.05) is 0 Å². The summed E-state index contributed by atoms with van der Waals surface area (Å²) >= 11 is 0. The highest BCUT2D eigenvalue weighted by Crippen LogP contribution is 2.27. The summed E-state index contributed by atoms with van der Waals surface area (Å²) < 4.78 is 0. The van der Waals surface area contributed by atoms with Crippen molar-refractivity contribution in [2.45, 2.75) is 19.4 Å². The molecule has 0 radical (unpaired) electrons. The predicted molar refractivity (Wildman–Crippen MR) is 61.7 cm³/mol. The molecule has 3 N–H and O–H groups in total. The summed E-state index contributed by atoms with van der Waals surface area (Å²) in [6.07, 6.45) is 0.225. The minimum Gasteiger partial charge on any atom is -0.398 e. The number of carbonyl (C=O) groups is 3. The lowest BCUT2D eigenvalue weighted by atomic mass is 10.1. The molecule has 0 heterocycles. The first-order valence-corrected chi connectivity index (χ1v) is 5.32. The largest absolute Gasteiger partial charge is 0.398 e. The molecule has 1 unspecified atom stereocenters. The third kappa shape index (κ3) is 1.69. The van der Waals surface area contributed by atoms with Gasteiger partial charge in [0.1, 0.15) is 0 Å². The maximum atomic E-state index is 12.0. The summed E-state index contributed by atoms with van der Waals surface area (Å²) in [5.74, 6) is -1.15. The number of benzene rings is 1. The Morgan fingerprint density at radius 3 is 2.65 bits per heavy atom. The molecular weight excluding hydrogens is 220 g/mol. The zero-order valence-corrected chi connectivity index (χ0v) is 9.32. The Morgan fingerprint density at radius 1 is 1.35 bits per heavy atom. The molecule has 5 nitrogen and oxygen atoms in total. The molecule has 17 heavy (non-hydrogen) atoms. The number of fused-ring (bicyclic) bond motifs is 1. The topological polar surface area (TPSA) is 89.3 Å². The third-order valence-corrected chi connectivity index (χ3v) is 2.76. The second-order valence-electron chi connectivity index (χ2n) is 3.85. The van der Waals surface area contributed by atoms with Crippen LogP contribution in [0.1, 0.15) is 34.1 Å². The molecule has 0 saturated carbocycles. The highest BCUT2D eigenvalue weighted by Gasteiger charge is 2.40. The van der Waals surface area contributed by atoms with Crippen LogP contribution in [0.2, 0.25) is 0 Å². The van der Waals surface area contributed by atoms with Crippen LogP contribution in [0.15, 0.2) is 18.2 Å². The Balaban J connectivity index is 2.39. The van der Waals surface area contributed by atoms with Crippen LogP contribution in [-0.2, 0) is 4.79 Å². The number of hydrogen-bond donors (Lipinski definition) is 2. The van der Waals surface area contributed by atoms with Gasteiger partial charge < -0.3 is 11.1 Å². The average molecular weight is 232 g/mol. The molecule has 0 bridgehead atoms. The highest BCUT2D eigenvalue weighted by atomic mass is 16.2. The monoisotopic (exact) mass is 232 g/mol. The number of carbonyl (C=O) groups excluding carboxylic acids is 3. The first kappa shape index (κ1) is 11.3. The van der Waals surface area contributed by atoms with Gasteiger partial charge in [0.25, 0.3) is 0 Å². The molecule has 1 aromatic rings. The fourth-order valence-electron chi connectivity index (χ4n) is 1.86. The summed E-state index contributed by atoms with van der Waals surface area (Å²) in [6.45, 7) is 1.65. The lowest BCUT2D eigenvalue weighted by molar-refractivity contribution is -0.121. The van der Waals surface area contributed by atoms with Crippen molar-refractivity contribution in [2.24, 2.45) is 0 Å². The van der Waals surface area contributed by atoms with E-state index in [0.29, 0.717) is 0 Å². The van der Waals surface area contributed by atoms with Crippen molar-refractivity contribution in [3.63, 3.8) is 0 Å². The number of hydrogen-bond acceptors (Lipinski definition) is 4. The van der Waals surface area contributed by atoms with Gasteiger partial charge in [-0.05, 0) is 6.07 Å². The van der Waals surface area contributed by atoms with Gasteiger partial charge in [0.2, 0.25) is 5.91 Å². The quantitative estimate of drug-likeness (QED) is 0.575. The van der Waals surface area contributed by atoms with E-state index in [-0.39, 0.29) is 34.9 Å². The molecule has 1 aliphatic rings. The zero-order chi connectivity index (χ0) is 12.6. The van der Waals surface area contributed by atoms with Crippen LogP contribution < -0.4 is 11.1 Å². The lowest BCUT2D eigenvalue weighted by Gasteiger charge is -2.08. The molecule has 0 fully saturated rings. The molecule has 0 aromatic heterocycles. The summed E-state index contributed by atoms with van der Waals surface area (Å²) in [4.78, 5) is 35.1. The third-order valence-electron chi connectivity index (χ3n) is 2.76. The van der Waals surface area contributed by atoms with Gasteiger partial charge >= 0.3 is 0 Å². The number of anilines is 1. The van der Waals surface area contributed by atoms with E-state index < -0.39 is 11.8 Å². The van der Waals surface area contributed by atoms with Crippen molar-refractivity contribution in [3.8, 4) is 0 Å². The van der Waals surface area contributed by atoms with Crippen molar-refractivity contribution >= 4 is 23.2 Å². The van der Waals surface area contributed by atoms with E-state index in [1.54, 1.807) is 25.1 Å². The molecule has 2 rings (SSSR count).